The third-order valence-corrected chi connectivity index (χ3v) is 2.53. The molecule has 2 N–H and O–H groups in total. The van der Waals surface area contributed by atoms with Gasteiger partial charge in [0, 0.05) is 11.8 Å². The number of nitrogens with two attached hydrogens (primary N) is 1. The molecule has 0 saturated carbocycles. The van der Waals surface area contributed by atoms with Crippen LogP contribution in [0.15, 0.2) is 36.4 Å². The van der Waals surface area contributed by atoms with E-state index in [0.717, 1.165) is 12.1 Å². The number of carbonyl (C=O) groups excluding carboxylic acids is 1. The van der Waals surface area contributed by atoms with Gasteiger partial charge in [-0.3, -0.25) is 0 Å². The summed E-state index contributed by atoms with van der Waals surface area (Å²) in [6.07, 6.45) is 0. The van der Waals surface area contributed by atoms with Crippen LogP contribution in [0.1, 0.15) is 10.4 Å². The van der Waals surface area contributed by atoms with E-state index in [-0.39, 0.29) is 17.1 Å². The molecule has 2 aromatic rings. The molecule has 0 bridgehead atoms. The molecule has 0 saturated heterocycles. The second-order valence-electron chi connectivity index (χ2n) is 3.93. The van der Waals surface area contributed by atoms with E-state index in [1.165, 1.54) is 31.4 Å². The van der Waals surface area contributed by atoms with Gasteiger partial charge in [-0.1, -0.05) is 0 Å². The van der Waals surface area contributed by atoms with Crippen molar-refractivity contribution in [2.24, 2.45) is 0 Å². The quantitative estimate of drug-likeness (QED) is 0.692. The zero-order chi connectivity index (χ0) is 14.7. The van der Waals surface area contributed by atoms with Gasteiger partial charge in [0.25, 0.3) is 0 Å². The summed E-state index contributed by atoms with van der Waals surface area (Å²) >= 11 is 0. The molecule has 6 heteroatoms. The fraction of sp³-hybridized carbons (Fsp3) is 0.0714. The van der Waals surface area contributed by atoms with Crippen LogP contribution in [-0.2, 0) is 4.74 Å². The van der Waals surface area contributed by atoms with Crippen molar-refractivity contribution in [1.82, 2.24) is 0 Å². The molecule has 0 atom stereocenters. The molecular weight excluding hydrogens is 268 g/mol. The Morgan fingerprint density at radius 1 is 1.10 bits per heavy atom. The maximum atomic E-state index is 13.1. The minimum absolute atomic E-state index is 0.0545. The topological polar surface area (TPSA) is 61.5 Å². The Bertz CT molecular complexity index is 659. The summed E-state index contributed by atoms with van der Waals surface area (Å²) in [5.74, 6) is -2.48. The Morgan fingerprint density at radius 2 is 1.85 bits per heavy atom. The molecule has 0 aromatic heterocycles. The van der Waals surface area contributed by atoms with Crippen molar-refractivity contribution in [2.45, 2.75) is 0 Å². The first-order chi connectivity index (χ1) is 9.51. The summed E-state index contributed by atoms with van der Waals surface area (Å²) in [5, 5.41) is 0. The summed E-state index contributed by atoms with van der Waals surface area (Å²) in [6, 6.07) is 7.40. The van der Waals surface area contributed by atoms with Crippen LogP contribution in [0.4, 0.5) is 14.5 Å². The fourth-order valence-electron chi connectivity index (χ4n) is 1.57. The maximum Gasteiger partial charge on any atom is 0.341 e. The number of anilines is 1. The second-order valence-corrected chi connectivity index (χ2v) is 3.93. The number of hydrogen-bond donors (Lipinski definition) is 1. The SMILES string of the molecule is COC(=O)c1cc(N)ccc1Oc1ccc(F)c(F)c1. The first kappa shape index (κ1) is 13.8. The number of carbonyl (C=O) groups is 1. The van der Waals surface area contributed by atoms with E-state index < -0.39 is 17.6 Å². The Labute approximate surface area is 113 Å². The summed E-state index contributed by atoms with van der Waals surface area (Å²) < 4.78 is 35.9. The van der Waals surface area contributed by atoms with E-state index in [9.17, 15) is 13.6 Å². The van der Waals surface area contributed by atoms with E-state index >= 15 is 0 Å². The van der Waals surface area contributed by atoms with Crippen molar-refractivity contribution in [2.75, 3.05) is 12.8 Å². The second kappa shape index (κ2) is 5.56. The lowest BCUT2D eigenvalue weighted by Gasteiger charge is -2.10. The van der Waals surface area contributed by atoms with Crippen molar-refractivity contribution < 1.29 is 23.0 Å². The van der Waals surface area contributed by atoms with Gasteiger partial charge in [-0.25, -0.2) is 13.6 Å². The lowest BCUT2D eigenvalue weighted by molar-refractivity contribution is 0.0598. The van der Waals surface area contributed by atoms with Crippen molar-refractivity contribution in [3.05, 3.63) is 53.6 Å². The monoisotopic (exact) mass is 279 g/mol. The highest BCUT2D eigenvalue weighted by Gasteiger charge is 2.15. The number of esters is 1. The number of halogens is 2. The van der Waals surface area contributed by atoms with Crippen LogP contribution >= 0.6 is 0 Å². The average Bonchev–Trinajstić information content (AvgIpc) is 2.44. The molecule has 0 spiro atoms. The van der Waals surface area contributed by atoms with Gasteiger partial charge in [0.05, 0.1) is 7.11 Å². The fourth-order valence-corrected chi connectivity index (χ4v) is 1.57. The molecule has 2 aromatic carbocycles. The zero-order valence-electron chi connectivity index (χ0n) is 10.5. The Balaban J connectivity index is 2.37. The van der Waals surface area contributed by atoms with Crippen molar-refractivity contribution in [1.29, 1.82) is 0 Å². The van der Waals surface area contributed by atoms with Crippen molar-refractivity contribution in [3.63, 3.8) is 0 Å². The minimum atomic E-state index is -1.04. The third kappa shape index (κ3) is 2.85. The number of nitrogen functional groups attached to an aromatic ring is 1. The van der Waals surface area contributed by atoms with Crippen LogP contribution in [0.25, 0.3) is 0 Å². The number of benzene rings is 2. The first-order valence-corrected chi connectivity index (χ1v) is 5.62. The van der Waals surface area contributed by atoms with Gasteiger partial charge in [-0.15, -0.1) is 0 Å². The Hall–Kier alpha value is -2.63. The zero-order valence-corrected chi connectivity index (χ0v) is 10.5. The molecule has 20 heavy (non-hydrogen) atoms. The van der Waals surface area contributed by atoms with Gasteiger partial charge in [-0.05, 0) is 30.3 Å². The molecule has 0 amide bonds. The smallest absolute Gasteiger partial charge is 0.341 e. The van der Waals surface area contributed by atoms with Crippen LogP contribution in [0.5, 0.6) is 11.5 Å². The van der Waals surface area contributed by atoms with Gasteiger partial charge >= 0.3 is 5.97 Å². The predicted octanol–water partition coefficient (Wildman–Crippen LogP) is 3.13. The summed E-state index contributed by atoms with van der Waals surface area (Å²) in [5.41, 5.74) is 6.03. The summed E-state index contributed by atoms with van der Waals surface area (Å²) in [7, 11) is 1.22. The van der Waals surface area contributed by atoms with Crippen LogP contribution in [0.3, 0.4) is 0 Å². The van der Waals surface area contributed by atoms with Gasteiger partial charge < -0.3 is 15.2 Å². The van der Waals surface area contributed by atoms with E-state index in [0.29, 0.717) is 5.69 Å². The Kier molecular flexibility index (Phi) is 3.84. The normalized spacial score (nSPS) is 10.2. The van der Waals surface area contributed by atoms with E-state index in [4.69, 9.17) is 10.5 Å². The summed E-state index contributed by atoms with van der Waals surface area (Å²) in [4.78, 5) is 11.6. The first-order valence-electron chi connectivity index (χ1n) is 5.62. The molecule has 0 unspecified atom stereocenters. The van der Waals surface area contributed by atoms with Gasteiger partial charge in [0.2, 0.25) is 0 Å². The highest BCUT2D eigenvalue weighted by atomic mass is 19.2. The average molecular weight is 279 g/mol. The molecule has 0 aliphatic rings. The highest BCUT2D eigenvalue weighted by molar-refractivity contribution is 5.93. The lowest BCUT2D eigenvalue weighted by atomic mass is 10.2. The number of rotatable bonds is 3. The highest BCUT2D eigenvalue weighted by Crippen LogP contribution is 2.28. The molecule has 4 nitrogen and oxygen atoms in total. The van der Waals surface area contributed by atoms with E-state index in [1.807, 2.05) is 0 Å². The molecule has 104 valence electrons. The van der Waals surface area contributed by atoms with Crippen LogP contribution in [0, 0.1) is 11.6 Å². The molecular formula is C14H11F2NO3. The van der Waals surface area contributed by atoms with Crippen molar-refractivity contribution >= 4 is 11.7 Å². The standard InChI is InChI=1S/C14H11F2NO3/c1-19-14(18)10-6-8(17)2-5-13(10)20-9-3-4-11(15)12(16)7-9/h2-7H,17H2,1H3. The molecule has 0 fully saturated rings. The number of ether oxygens (including phenoxy) is 2. The number of methoxy groups -OCH3 is 1. The molecule has 2 rings (SSSR count). The van der Waals surface area contributed by atoms with E-state index in [2.05, 4.69) is 4.74 Å². The largest absolute Gasteiger partial charge is 0.465 e. The molecule has 0 aliphatic heterocycles. The number of hydrogen-bond acceptors (Lipinski definition) is 4. The molecule has 0 aliphatic carbocycles. The minimum Gasteiger partial charge on any atom is -0.465 e. The van der Waals surface area contributed by atoms with Crippen molar-refractivity contribution in [3.8, 4) is 11.5 Å². The van der Waals surface area contributed by atoms with Gasteiger partial charge in [0.1, 0.15) is 17.1 Å². The van der Waals surface area contributed by atoms with Gasteiger partial charge in [0.15, 0.2) is 11.6 Å². The van der Waals surface area contributed by atoms with Crippen LogP contribution in [-0.4, -0.2) is 13.1 Å². The predicted molar refractivity (Wildman–Crippen MR) is 68.6 cm³/mol. The Morgan fingerprint density at radius 3 is 2.50 bits per heavy atom. The van der Waals surface area contributed by atoms with E-state index in [1.54, 1.807) is 0 Å². The third-order valence-electron chi connectivity index (χ3n) is 2.53. The van der Waals surface area contributed by atoms with Crippen LogP contribution in [0.2, 0.25) is 0 Å². The lowest BCUT2D eigenvalue weighted by Crippen LogP contribution is -2.05. The molecule has 0 heterocycles. The molecule has 0 radical (unpaired) electrons. The summed E-state index contributed by atoms with van der Waals surface area (Å²) in [6.45, 7) is 0. The maximum absolute atomic E-state index is 13.1. The van der Waals surface area contributed by atoms with Crippen LogP contribution < -0.4 is 10.5 Å². The van der Waals surface area contributed by atoms with Gasteiger partial charge in [-0.2, -0.15) is 0 Å².